The summed E-state index contributed by atoms with van der Waals surface area (Å²) in [5, 5.41) is 20.1. The monoisotopic (exact) mass is 257 g/mol. The molecule has 2 rings (SSSR count). The average molecular weight is 257 g/mol. The first-order valence-electron chi connectivity index (χ1n) is 6.17. The second kappa shape index (κ2) is 3.96. The van der Waals surface area contributed by atoms with Gasteiger partial charge in [-0.3, -0.25) is 0 Å². The maximum Gasteiger partial charge on any atom is 0.152 e. The van der Waals surface area contributed by atoms with E-state index in [2.05, 4.69) is 13.0 Å². The van der Waals surface area contributed by atoms with Crippen molar-refractivity contribution in [3.8, 4) is 6.07 Å². The van der Waals surface area contributed by atoms with Gasteiger partial charge in [-0.15, -0.1) is 0 Å². The Morgan fingerprint density at radius 1 is 1.41 bits per heavy atom. The van der Waals surface area contributed by atoms with Crippen molar-refractivity contribution in [3.63, 3.8) is 0 Å². The van der Waals surface area contributed by atoms with E-state index in [4.69, 9.17) is 0 Å². The van der Waals surface area contributed by atoms with E-state index in [1.807, 2.05) is 0 Å². The van der Waals surface area contributed by atoms with E-state index in [-0.39, 0.29) is 17.9 Å². The van der Waals surface area contributed by atoms with Crippen molar-refractivity contribution < 1.29 is 13.5 Å². The maximum atomic E-state index is 11.6. The zero-order chi connectivity index (χ0) is 12.7. The van der Waals surface area contributed by atoms with Crippen LogP contribution in [0.4, 0.5) is 0 Å². The lowest BCUT2D eigenvalue weighted by Crippen LogP contribution is -2.51. The highest BCUT2D eigenvalue weighted by atomic mass is 32.2. The normalized spacial score (nSPS) is 45.4. The molecule has 3 unspecified atom stereocenters. The fraction of sp³-hybridized carbons (Fsp3) is 0.917. The van der Waals surface area contributed by atoms with E-state index < -0.39 is 20.9 Å². The molecule has 1 aliphatic carbocycles. The third-order valence-electron chi connectivity index (χ3n) is 4.38. The summed E-state index contributed by atoms with van der Waals surface area (Å²) in [5.74, 6) is 0.235. The van der Waals surface area contributed by atoms with Crippen LogP contribution in [0, 0.1) is 22.7 Å². The number of hydrogen-bond donors (Lipinski definition) is 1. The van der Waals surface area contributed by atoms with Crippen molar-refractivity contribution >= 4 is 9.84 Å². The summed E-state index contributed by atoms with van der Waals surface area (Å²) in [6, 6.07) is 2.13. The molecule has 4 nitrogen and oxygen atoms in total. The average Bonchev–Trinajstić information content (AvgIpc) is 2.55. The summed E-state index contributed by atoms with van der Waals surface area (Å²) in [6.45, 7) is 2.05. The Hall–Kier alpha value is -0.600. The summed E-state index contributed by atoms with van der Waals surface area (Å²) in [6.07, 6.45) is 3.32. The molecule has 0 aromatic heterocycles. The highest BCUT2D eigenvalue weighted by Crippen LogP contribution is 2.49. The van der Waals surface area contributed by atoms with Crippen LogP contribution in [0.1, 0.15) is 39.0 Å². The molecule has 5 heteroatoms. The van der Waals surface area contributed by atoms with Gasteiger partial charge in [0.05, 0.1) is 23.2 Å². The summed E-state index contributed by atoms with van der Waals surface area (Å²) in [5.41, 5.74) is -2.18. The summed E-state index contributed by atoms with van der Waals surface area (Å²) < 4.78 is 23.2. The Bertz CT molecular complexity index is 453. The Labute approximate surface area is 103 Å². The van der Waals surface area contributed by atoms with Crippen LogP contribution in [0.5, 0.6) is 0 Å². The minimum absolute atomic E-state index is 0.0389. The largest absolute Gasteiger partial charge is 0.388 e. The lowest BCUT2D eigenvalue weighted by molar-refractivity contribution is -0.0843. The van der Waals surface area contributed by atoms with Crippen molar-refractivity contribution in [2.45, 2.75) is 44.6 Å². The second-order valence-corrected chi connectivity index (χ2v) is 7.95. The number of nitriles is 1. The Balaban J connectivity index is 2.33. The minimum Gasteiger partial charge on any atom is -0.388 e. The van der Waals surface area contributed by atoms with Gasteiger partial charge in [0, 0.05) is 0 Å². The number of sulfone groups is 1. The molecule has 1 N–H and O–H groups in total. The maximum absolute atomic E-state index is 11.6. The molecule has 1 aliphatic heterocycles. The zero-order valence-corrected chi connectivity index (χ0v) is 11.0. The Morgan fingerprint density at radius 3 is 2.59 bits per heavy atom. The first-order valence-corrected chi connectivity index (χ1v) is 7.99. The predicted octanol–water partition coefficient (Wildman–Crippen LogP) is 1.26. The van der Waals surface area contributed by atoms with E-state index in [1.54, 1.807) is 0 Å². The van der Waals surface area contributed by atoms with Crippen molar-refractivity contribution in [2.75, 3.05) is 11.5 Å². The molecule has 2 aliphatic rings. The van der Waals surface area contributed by atoms with Gasteiger partial charge in [0.15, 0.2) is 9.84 Å². The SMILES string of the molecule is CC1CCCC(O)(C2(C#N)CCS(=O)(=O)C2)C1. The van der Waals surface area contributed by atoms with Crippen LogP contribution in [0.2, 0.25) is 0 Å². The van der Waals surface area contributed by atoms with Gasteiger partial charge in [-0.1, -0.05) is 19.8 Å². The zero-order valence-electron chi connectivity index (χ0n) is 10.1. The van der Waals surface area contributed by atoms with Crippen molar-refractivity contribution in [1.29, 1.82) is 5.26 Å². The van der Waals surface area contributed by atoms with Crippen LogP contribution < -0.4 is 0 Å². The smallest absolute Gasteiger partial charge is 0.152 e. The van der Waals surface area contributed by atoms with Crippen molar-refractivity contribution in [1.82, 2.24) is 0 Å². The highest BCUT2D eigenvalue weighted by Gasteiger charge is 2.57. The van der Waals surface area contributed by atoms with E-state index in [9.17, 15) is 18.8 Å². The topological polar surface area (TPSA) is 78.2 Å². The molecule has 1 heterocycles. The molecule has 3 atom stereocenters. The van der Waals surface area contributed by atoms with E-state index in [1.165, 1.54) is 0 Å². The molecular weight excluding hydrogens is 238 g/mol. The third kappa shape index (κ3) is 2.09. The van der Waals surface area contributed by atoms with Gasteiger partial charge < -0.3 is 5.11 Å². The van der Waals surface area contributed by atoms with Gasteiger partial charge in [-0.05, 0) is 25.2 Å². The molecular formula is C12H19NO3S. The fourth-order valence-electron chi connectivity index (χ4n) is 3.37. The molecule has 1 saturated heterocycles. The molecule has 0 aromatic rings. The van der Waals surface area contributed by atoms with Gasteiger partial charge in [0.1, 0.15) is 5.41 Å². The molecule has 0 bridgehead atoms. The summed E-state index contributed by atoms with van der Waals surface area (Å²) in [4.78, 5) is 0. The summed E-state index contributed by atoms with van der Waals surface area (Å²) in [7, 11) is -3.15. The van der Waals surface area contributed by atoms with Gasteiger partial charge in [-0.25, -0.2) is 8.42 Å². The van der Waals surface area contributed by atoms with Crippen LogP contribution in [0.3, 0.4) is 0 Å². The molecule has 0 aromatic carbocycles. The van der Waals surface area contributed by atoms with E-state index >= 15 is 0 Å². The Morgan fingerprint density at radius 2 is 2.12 bits per heavy atom. The minimum atomic E-state index is -3.15. The third-order valence-corrected chi connectivity index (χ3v) is 6.14. The first-order chi connectivity index (χ1) is 7.83. The Kier molecular flexibility index (Phi) is 2.99. The number of rotatable bonds is 1. The lowest BCUT2D eigenvalue weighted by atomic mass is 9.63. The predicted molar refractivity (Wildman–Crippen MR) is 63.9 cm³/mol. The molecule has 17 heavy (non-hydrogen) atoms. The molecule has 96 valence electrons. The van der Waals surface area contributed by atoms with Crippen molar-refractivity contribution in [2.24, 2.45) is 11.3 Å². The van der Waals surface area contributed by atoms with Crippen LogP contribution in [-0.4, -0.2) is 30.6 Å². The van der Waals surface area contributed by atoms with Gasteiger partial charge in [-0.2, -0.15) is 5.26 Å². The van der Waals surface area contributed by atoms with Crippen LogP contribution in [0.25, 0.3) is 0 Å². The standard InChI is InChI=1S/C12H19NO3S/c1-10-3-2-4-12(14,7-10)11(8-13)5-6-17(15,16)9-11/h10,14H,2-7,9H2,1H3. The van der Waals surface area contributed by atoms with Gasteiger partial charge >= 0.3 is 0 Å². The number of hydrogen-bond acceptors (Lipinski definition) is 4. The van der Waals surface area contributed by atoms with Crippen LogP contribution in [-0.2, 0) is 9.84 Å². The van der Waals surface area contributed by atoms with Crippen LogP contribution in [0.15, 0.2) is 0 Å². The van der Waals surface area contributed by atoms with E-state index in [0.717, 1.165) is 12.8 Å². The van der Waals surface area contributed by atoms with Gasteiger partial charge in [0.25, 0.3) is 0 Å². The second-order valence-electron chi connectivity index (χ2n) is 5.77. The molecule has 0 radical (unpaired) electrons. The summed E-state index contributed by atoms with van der Waals surface area (Å²) >= 11 is 0. The molecule has 0 spiro atoms. The van der Waals surface area contributed by atoms with E-state index in [0.29, 0.717) is 18.8 Å². The molecule has 2 fully saturated rings. The molecule has 1 saturated carbocycles. The number of aliphatic hydroxyl groups is 1. The molecule has 0 amide bonds. The fourth-order valence-corrected chi connectivity index (χ4v) is 5.40. The first kappa shape index (κ1) is 12.8. The van der Waals surface area contributed by atoms with Crippen molar-refractivity contribution in [3.05, 3.63) is 0 Å². The number of nitrogens with zero attached hydrogens (tertiary/aromatic N) is 1. The lowest BCUT2D eigenvalue weighted by Gasteiger charge is -2.44. The highest BCUT2D eigenvalue weighted by molar-refractivity contribution is 7.91. The van der Waals surface area contributed by atoms with Gasteiger partial charge in [0.2, 0.25) is 0 Å². The quantitative estimate of drug-likeness (QED) is 0.767. The van der Waals surface area contributed by atoms with Crippen LogP contribution >= 0.6 is 0 Å².